The van der Waals surface area contributed by atoms with E-state index in [1.807, 2.05) is 0 Å². The van der Waals surface area contributed by atoms with E-state index in [2.05, 4.69) is 17.9 Å². The van der Waals surface area contributed by atoms with Crippen molar-refractivity contribution in [1.82, 2.24) is 5.48 Å². The highest BCUT2D eigenvalue weighted by Gasteiger charge is 2.48. The molecule has 2 fully saturated rings. The van der Waals surface area contributed by atoms with Gasteiger partial charge in [0.1, 0.15) is 6.10 Å². The van der Waals surface area contributed by atoms with Gasteiger partial charge in [0.05, 0.1) is 12.6 Å². The first kappa shape index (κ1) is 22.6. The van der Waals surface area contributed by atoms with Crippen molar-refractivity contribution in [1.29, 1.82) is 5.26 Å². The van der Waals surface area contributed by atoms with Crippen molar-refractivity contribution in [3.8, 4) is 17.9 Å². The van der Waals surface area contributed by atoms with Crippen LogP contribution in [0.1, 0.15) is 31.7 Å². The van der Waals surface area contributed by atoms with Crippen molar-refractivity contribution in [3.63, 3.8) is 0 Å². The summed E-state index contributed by atoms with van der Waals surface area (Å²) in [6.07, 6.45) is 0.558. The first-order chi connectivity index (χ1) is 14.6. The second-order valence-electron chi connectivity index (χ2n) is 8.05. The summed E-state index contributed by atoms with van der Waals surface area (Å²) in [4.78, 5) is 25.7. The van der Waals surface area contributed by atoms with E-state index in [1.165, 1.54) is 17.3 Å². The van der Waals surface area contributed by atoms with Crippen LogP contribution in [-0.4, -0.2) is 49.3 Å². The average molecular weight is 445 g/mol. The summed E-state index contributed by atoms with van der Waals surface area (Å²) in [6, 6.07) is 9.11. The topological polar surface area (TPSA) is 137 Å². The highest BCUT2D eigenvalue weighted by molar-refractivity contribution is 7.92. The summed E-state index contributed by atoms with van der Waals surface area (Å²) >= 11 is 0. The molecule has 1 aliphatic heterocycles. The Labute approximate surface area is 180 Å². The number of hydrogen-bond acceptors (Lipinski definition) is 7. The lowest BCUT2D eigenvalue weighted by Gasteiger charge is -2.26. The number of nitrogens with zero attached hydrogens (tertiary/aromatic N) is 2. The van der Waals surface area contributed by atoms with Crippen LogP contribution < -0.4 is 10.4 Å². The van der Waals surface area contributed by atoms with Gasteiger partial charge in [-0.2, -0.15) is 5.26 Å². The van der Waals surface area contributed by atoms with Gasteiger partial charge in [-0.15, -0.1) is 0 Å². The molecule has 3 rings (SSSR count). The monoisotopic (exact) mass is 445 g/mol. The minimum Gasteiger partial charge on any atom is -0.444 e. The summed E-state index contributed by atoms with van der Waals surface area (Å²) in [5.74, 6) is 5.75. The Bertz CT molecular complexity index is 1080. The van der Waals surface area contributed by atoms with Gasteiger partial charge in [-0.05, 0) is 43.5 Å². The predicted molar refractivity (Wildman–Crippen MR) is 111 cm³/mol. The molecule has 4 atom stereocenters. The number of anilines is 1. The number of sulfone groups is 1. The van der Waals surface area contributed by atoms with Gasteiger partial charge in [0, 0.05) is 36.3 Å². The first-order valence-corrected chi connectivity index (χ1v) is 11.6. The molecule has 1 aromatic carbocycles. The van der Waals surface area contributed by atoms with Gasteiger partial charge in [0.15, 0.2) is 14.6 Å². The second-order valence-corrected chi connectivity index (χ2v) is 10.5. The zero-order valence-corrected chi connectivity index (χ0v) is 18.0. The van der Waals surface area contributed by atoms with E-state index in [-0.39, 0.29) is 18.9 Å². The van der Waals surface area contributed by atoms with Crippen molar-refractivity contribution >= 4 is 27.5 Å². The summed E-state index contributed by atoms with van der Waals surface area (Å²) in [5, 5.41) is 17.6. The Hall–Kier alpha value is -3.08. The third-order valence-electron chi connectivity index (χ3n) is 5.75. The zero-order chi connectivity index (χ0) is 22.8. The Morgan fingerprint density at radius 3 is 2.65 bits per heavy atom. The number of cyclic esters (lactones) is 1. The molecule has 2 N–H and O–H groups in total. The number of amides is 2. The molecule has 31 heavy (non-hydrogen) atoms. The number of benzene rings is 1. The summed E-state index contributed by atoms with van der Waals surface area (Å²) < 4.78 is 27.6. The summed E-state index contributed by atoms with van der Waals surface area (Å²) in [5.41, 5.74) is 2.71. The number of hydrogen-bond donors (Lipinski definition) is 2. The van der Waals surface area contributed by atoms with E-state index in [0.29, 0.717) is 18.0 Å². The molecule has 1 aliphatic carbocycles. The molecule has 10 heteroatoms. The van der Waals surface area contributed by atoms with Crippen LogP contribution in [0.15, 0.2) is 24.3 Å². The van der Waals surface area contributed by atoms with Gasteiger partial charge in [0.25, 0.3) is 5.91 Å². The maximum Gasteiger partial charge on any atom is 0.414 e. The third-order valence-corrected chi connectivity index (χ3v) is 7.74. The van der Waals surface area contributed by atoms with Crippen LogP contribution in [0.3, 0.4) is 0 Å². The predicted octanol–water partition coefficient (Wildman–Crippen LogP) is 1.61. The summed E-state index contributed by atoms with van der Waals surface area (Å²) in [7, 11) is -3.90. The molecule has 0 bridgehead atoms. The van der Waals surface area contributed by atoms with E-state index < -0.39 is 32.7 Å². The fraction of sp³-hybridized carbons (Fsp3) is 0.476. The normalized spacial score (nSPS) is 24.3. The molecule has 1 aromatic rings. The molecule has 1 heterocycles. The quantitative estimate of drug-likeness (QED) is 0.385. The lowest BCUT2D eigenvalue weighted by atomic mass is 10.0. The van der Waals surface area contributed by atoms with Crippen LogP contribution in [0.5, 0.6) is 0 Å². The molecular formula is C21H23N3O6S. The number of nitriles is 1. The molecule has 0 radical (unpaired) electrons. The van der Waals surface area contributed by atoms with Gasteiger partial charge in [-0.3, -0.25) is 14.9 Å². The maximum atomic E-state index is 12.3. The standard InChI is InChI=1S/C21H23N3O6S/c1-21(19(25)23-27,31(2,28)29)12-18-13-24(20(26)30-18)17-7-4-14(5-8-17)3-6-15-11-16(15)9-10-22/h4-5,7-8,15-16,18,27H,9,11-13H2,1-2H3,(H,23,25). The number of carbonyl (C=O) groups excluding carboxylic acids is 2. The van der Waals surface area contributed by atoms with Crippen LogP contribution in [0.2, 0.25) is 0 Å². The third kappa shape index (κ3) is 4.82. The molecule has 2 aliphatic rings. The SMILES string of the molecule is CC(CC1CN(c2ccc(C#CC3CC3CC#N)cc2)C(=O)O1)(C(=O)NO)S(C)(=O)=O. The molecule has 4 unspecified atom stereocenters. The first-order valence-electron chi connectivity index (χ1n) is 9.70. The fourth-order valence-electron chi connectivity index (χ4n) is 3.47. The fourth-order valence-corrected chi connectivity index (χ4v) is 4.34. The minimum atomic E-state index is -3.90. The van der Waals surface area contributed by atoms with Gasteiger partial charge in [0.2, 0.25) is 0 Å². The van der Waals surface area contributed by atoms with Gasteiger partial charge < -0.3 is 4.74 Å². The maximum absolute atomic E-state index is 12.3. The van der Waals surface area contributed by atoms with Crippen LogP contribution in [0.25, 0.3) is 0 Å². The molecule has 164 valence electrons. The van der Waals surface area contributed by atoms with Gasteiger partial charge >= 0.3 is 6.09 Å². The van der Waals surface area contributed by atoms with Crippen molar-refractivity contribution < 1.29 is 28.0 Å². The van der Waals surface area contributed by atoms with Crippen LogP contribution in [0, 0.1) is 35.0 Å². The van der Waals surface area contributed by atoms with Crippen LogP contribution in [0.4, 0.5) is 10.5 Å². The van der Waals surface area contributed by atoms with E-state index in [4.69, 9.17) is 15.2 Å². The molecule has 2 amide bonds. The molecule has 1 saturated carbocycles. The van der Waals surface area contributed by atoms with E-state index >= 15 is 0 Å². The molecule has 9 nitrogen and oxygen atoms in total. The molecular weight excluding hydrogens is 422 g/mol. The van der Waals surface area contributed by atoms with Crippen LogP contribution in [-0.2, 0) is 19.4 Å². The van der Waals surface area contributed by atoms with E-state index in [9.17, 15) is 18.0 Å². The van der Waals surface area contributed by atoms with Crippen molar-refractivity contribution in [2.45, 2.75) is 37.0 Å². The molecule has 0 spiro atoms. The van der Waals surface area contributed by atoms with Crippen LogP contribution >= 0.6 is 0 Å². The largest absolute Gasteiger partial charge is 0.444 e. The minimum absolute atomic E-state index is 0.0611. The Balaban J connectivity index is 1.67. The highest BCUT2D eigenvalue weighted by atomic mass is 32.2. The lowest BCUT2D eigenvalue weighted by molar-refractivity contribution is -0.132. The van der Waals surface area contributed by atoms with Gasteiger partial charge in [-0.1, -0.05) is 11.8 Å². The number of hydroxylamine groups is 1. The number of rotatable bonds is 6. The smallest absolute Gasteiger partial charge is 0.414 e. The number of carbonyl (C=O) groups is 2. The summed E-state index contributed by atoms with van der Waals surface area (Å²) in [6.45, 7) is 1.24. The van der Waals surface area contributed by atoms with Crippen molar-refractivity contribution in [3.05, 3.63) is 29.8 Å². The van der Waals surface area contributed by atoms with E-state index in [0.717, 1.165) is 18.2 Å². The Morgan fingerprint density at radius 2 is 2.06 bits per heavy atom. The lowest BCUT2D eigenvalue weighted by Crippen LogP contribution is -2.51. The highest BCUT2D eigenvalue weighted by Crippen LogP contribution is 2.40. The second kappa shape index (κ2) is 8.58. The van der Waals surface area contributed by atoms with Crippen molar-refractivity contribution in [2.24, 2.45) is 11.8 Å². The zero-order valence-electron chi connectivity index (χ0n) is 17.2. The molecule has 0 aromatic heterocycles. The van der Waals surface area contributed by atoms with E-state index in [1.54, 1.807) is 24.3 Å². The number of nitrogens with one attached hydrogen (secondary N) is 1. The Kier molecular flexibility index (Phi) is 6.25. The van der Waals surface area contributed by atoms with Crippen molar-refractivity contribution in [2.75, 3.05) is 17.7 Å². The number of ether oxygens (including phenoxy) is 1. The van der Waals surface area contributed by atoms with Gasteiger partial charge in [-0.25, -0.2) is 18.7 Å². The Morgan fingerprint density at radius 1 is 1.39 bits per heavy atom. The average Bonchev–Trinajstić information content (AvgIpc) is 3.37. The molecule has 1 saturated heterocycles.